The maximum Gasteiger partial charge on any atom is 0.259 e. The average Bonchev–Trinajstić information content (AvgIpc) is 2.94. The lowest BCUT2D eigenvalue weighted by molar-refractivity contribution is -0.258. The maximum absolute atomic E-state index is 14.1. The second-order valence-electron chi connectivity index (χ2n) is 7.59. The molecule has 1 aromatic carbocycles. The molecule has 0 aliphatic carbocycles. The van der Waals surface area contributed by atoms with E-state index in [1.807, 2.05) is 0 Å². The number of nitrogens with zero attached hydrogens (tertiary/aromatic N) is 3. The van der Waals surface area contributed by atoms with Crippen molar-refractivity contribution in [3.8, 4) is 0 Å². The van der Waals surface area contributed by atoms with E-state index < -0.39 is 17.5 Å². The van der Waals surface area contributed by atoms with E-state index in [0.717, 1.165) is 0 Å². The molecule has 30 heavy (non-hydrogen) atoms. The molecule has 2 aliphatic heterocycles. The molecule has 9 heteroatoms. The van der Waals surface area contributed by atoms with Gasteiger partial charge in [-0.2, -0.15) is 0 Å². The molecule has 1 aromatic heterocycles. The minimum Gasteiger partial charge on any atom is -0.361 e. The normalized spacial score (nSPS) is 22.2. The highest BCUT2D eigenvalue weighted by atomic mass is 19.1. The number of aryl methyl sites for hydroxylation is 2. The van der Waals surface area contributed by atoms with Gasteiger partial charge in [0.2, 0.25) is 5.79 Å². The number of carbonyl (C=O) groups is 2. The molecule has 2 aliphatic rings. The van der Waals surface area contributed by atoms with Crippen molar-refractivity contribution >= 4 is 11.8 Å². The number of amides is 2. The third-order valence-electron chi connectivity index (χ3n) is 5.45. The van der Waals surface area contributed by atoms with Gasteiger partial charge in [-0.15, -0.1) is 0 Å². The predicted molar refractivity (Wildman–Crippen MR) is 103 cm³/mol. The van der Waals surface area contributed by atoms with Crippen LogP contribution in [0.5, 0.6) is 0 Å². The Hall–Kier alpha value is -2.78. The second kappa shape index (κ2) is 8.16. The summed E-state index contributed by atoms with van der Waals surface area (Å²) in [5.41, 5.74) is 0.964. The summed E-state index contributed by atoms with van der Waals surface area (Å²) in [6.45, 7) is 5.08. The summed E-state index contributed by atoms with van der Waals surface area (Å²) in [7, 11) is 0. The highest BCUT2D eigenvalue weighted by Crippen LogP contribution is 2.27. The van der Waals surface area contributed by atoms with Gasteiger partial charge in [0.05, 0.1) is 37.6 Å². The molecule has 0 bridgehead atoms. The average molecular weight is 417 g/mol. The van der Waals surface area contributed by atoms with E-state index in [-0.39, 0.29) is 31.2 Å². The molecule has 0 radical (unpaired) electrons. The number of hydrogen-bond donors (Lipinski definition) is 0. The van der Waals surface area contributed by atoms with Gasteiger partial charge in [0.1, 0.15) is 17.1 Å². The Balaban J connectivity index is 1.56. The fourth-order valence-electron chi connectivity index (χ4n) is 3.97. The first-order chi connectivity index (χ1) is 14.4. The highest BCUT2D eigenvalue weighted by molar-refractivity contribution is 5.96. The van der Waals surface area contributed by atoms with Crippen LogP contribution in [-0.2, 0) is 9.47 Å². The van der Waals surface area contributed by atoms with E-state index in [1.54, 1.807) is 30.9 Å². The summed E-state index contributed by atoms with van der Waals surface area (Å²) in [5.74, 6) is -1.91. The van der Waals surface area contributed by atoms with Gasteiger partial charge in [0.15, 0.2) is 0 Å². The highest BCUT2D eigenvalue weighted by Gasteiger charge is 2.44. The van der Waals surface area contributed by atoms with E-state index in [0.29, 0.717) is 43.1 Å². The summed E-state index contributed by atoms with van der Waals surface area (Å²) in [6.07, 6.45) is 0.626. The molecule has 1 unspecified atom stereocenters. The van der Waals surface area contributed by atoms with Gasteiger partial charge >= 0.3 is 0 Å². The van der Waals surface area contributed by atoms with Crippen molar-refractivity contribution in [3.05, 3.63) is 52.7 Å². The van der Waals surface area contributed by atoms with E-state index >= 15 is 0 Å². The van der Waals surface area contributed by atoms with Crippen LogP contribution in [0.25, 0.3) is 0 Å². The Morgan fingerprint density at radius 2 is 1.73 bits per heavy atom. The molecule has 4 rings (SSSR count). The van der Waals surface area contributed by atoms with Crippen LogP contribution in [0.15, 0.2) is 28.8 Å². The molecular formula is C21H24FN3O5. The van der Waals surface area contributed by atoms with Gasteiger partial charge in [-0.25, -0.2) is 4.39 Å². The lowest BCUT2D eigenvalue weighted by atomic mass is 10.1. The first-order valence-corrected chi connectivity index (χ1v) is 9.94. The van der Waals surface area contributed by atoms with Crippen LogP contribution < -0.4 is 0 Å². The second-order valence-corrected chi connectivity index (χ2v) is 7.59. The maximum atomic E-state index is 14.1. The zero-order chi connectivity index (χ0) is 21.3. The quantitative estimate of drug-likeness (QED) is 0.745. The topological polar surface area (TPSA) is 85.1 Å². The monoisotopic (exact) mass is 417 g/mol. The van der Waals surface area contributed by atoms with E-state index in [1.165, 1.54) is 17.0 Å². The van der Waals surface area contributed by atoms with Crippen molar-refractivity contribution in [1.29, 1.82) is 0 Å². The molecular weight excluding hydrogens is 393 g/mol. The van der Waals surface area contributed by atoms with Crippen LogP contribution in [0.1, 0.15) is 38.6 Å². The van der Waals surface area contributed by atoms with Crippen LogP contribution in [0.2, 0.25) is 0 Å². The number of aromatic nitrogens is 1. The smallest absolute Gasteiger partial charge is 0.259 e. The Labute approximate surface area is 173 Å². The molecule has 0 N–H and O–H groups in total. The molecule has 2 fully saturated rings. The molecule has 8 nitrogen and oxygen atoms in total. The van der Waals surface area contributed by atoms with Gasteiger partial charge in [-0.1, -0.05) is 17.3 Å². The van der Waals surface area contributed by atoms with Crippen LogP contribution >= 0.6 is 0 Å². The first-order valence-electron chi connectivity index (χ1n) is 9.94. The summed E-state index contributed by atoms with van der Waals surface area (Å²) < 4.78 is 31.2. The predicted octanol–water partition coefficient (Wildman–Crippen LogP) is 2.16. The van der Waals surface area contributed by atoms with Crippen molar-refractivity contribution < 1.29 is 28.0 Å². The minimum absolute atomic E-state index is 0.00632. The fourth-order valence-corrected chi connectivity index (χ4v) is 3.97. The number of hydrogen-bond acceptors (Lipinski definition) is 6. The van der Waals surface area contributed by atoms with E-state index in [9.17, 15) is 14.0 Å². The third kappa shape index (κ3) is 3.82. The molecule has 2 aromatic rings. The Kier molecular flexibility index (Phi) is 5.57. The molecule has 2 amide bonds. The van der Waals surface area contributed by atoms with Gasteiger partial charge in [0, 0.05) is 13.1 Å². The Morgan fingerprint density at radius 3 is 2.43 bits per heavy atom. The van der Waals surface area contributed by atoms with Crippen LogP contribution in [0.4, 0.5) is 4.39 Å². The van der Waals surface area contributed by atoms with Gasteiger partial charge in [-0.3, -0.25) is 9.59 Å². The zero-order valence-electron chi connectivity index (χ0n) is 17.0. The van der Waals surface area contributed by atoms with Gasteiger partial charge in [0.25, 0.3) is 11.8 Å². The van der Waals surface area contributed by atoms with Crippen molar-refractivity contribution in [3.63, 3.8) is 0 Å². The van der Waals surface area contributed by atoms with E-state index in [4.69, 9.17) is 14.0 Å². The standard InChI is InChI=1S/C21H24FN3O5/c1-14-18(15(2)30-23-14)20(27)24-8-5-10-28-21(12-24)13-25(9-11-29-21)19(26)16-6-3-4-7-17(16)22/h3-4,6-7H,5,8-13H2,1-2H3. The van der Waals surface area contributed by atoms with Gasteiger partial charge in [-0.05, 0) is 32.4 Å². The molecule has 3 heterocycles. The Morgan fingerprint density at radius 1 is 1.03 bits per heavy atom. The molecule has 0 saturated carbocycles. The summed E-state index contributed by atoms with van der Waals surface area (Å²) in [6, 6.07) is 5.88. The largest absolute Gasteiger partial charge is 0.361 e. The molecule has 1 atom stereocenters. The fraction of sp³-hybridized carbons (Fsp3) is 0.476. The summed E-state index contributed by atoms with van der Waals surface area (Å²) in [4.78, 5) is 29.2. The third-order valence-corrected chi connectivity index (χ3v) is 5.45. The minimum atomic E-state index is -1.16. The number of carbonyl (C=O) groups excluding carboxylic acids is 2. The van der Waals surface area contributed by atoms with Crippen LogP contribution in [-0.4, -0.2) is 72.0 Å². The number of benzene rings is 1. The lowest BCUT2D eigenvalue weighted by Gasteiger charge is -2.43. The number of rotatable bonds is 2. The Bertz CT molecular complexity index is 942. The van der Waals surface area contributed by atoms with E-state index in [2.05, 4.69) is 5.16 Å². The number of morpholine rings is 1. The van der Waals surface area contributed by atoms with Gasteiger partial charge < -0.3 is 23.8 Å². The number of halogens is 1. The zero-order valence-corrected chi connectivity index (χ0v) is 17.0. The van der Waals surface area contributed by atoms with Crippen LogP contribution in [0.3, 0.4) is 0 Å². The summed E-state index contributed by atoms with van der Waals surface area (Å²) >= 11 is 0. The van der Waals surface area contributed by atoms with Crippen molar-refractivity contribution in [2.45, 2.75) is 26.1 Å². The van der Waals surface area contributed by atoms with Crippen molar-refractivity contribution in [1.82, 2.24) is 15.0 Å². The number of ether oxygens (including phenoxy) is 2. The summed E-state index contributed by atoms with van der Waals surface area (Å²) in [5, 5.41) is 3.86. The lowest BCUT2D eigenvalue weighted by Crippen LogP contribution is -2.59. The van der Waals surface area contributed by atoms with Crippen molar-refractivity contribution in [2.75, 3.05) is 39.4 Å². The first kappa shape index (κ1) is 20.5. The molecule has 2 saturated heterocycles. The molecule has 1 spiro atoms. The molecule has 160 valence electrons. The van der Waals surface area contributed by atoms with Crippen LogP contribution in [0, 0.1) is 19.7 Å². The van der Waals surface area contributed by atoms with Crippen molar-refractivity contribution in [2.24, 2.45) is 0 Å². The SMILES string of the molecule is Cc1noc(C)c1C(=O)N1CCCOC2(CN(C(=O)c3ccccc3F)CCO2)C1.